The van der Waals surface area contributed by atoms with Crippen molar-refractivity contribution in [3.63, 3.8) is 0 Å². The predicted molar refractivity (Wildman–Crippen MR) is 65.6 cm³/mol. The third-order valence-corrected chi connectivity index (χ3v) is 3.08. The van der Waals surface area contributed by atoms with Gasteiger partial charge in [-0.25, -0.2) is 0 Å². The highest BCUT2D eigenvalue weighted by Gasteiger charge is 2.12. The van der Waals surface area contributed by atoms with Crippen molar-refractivity contribution in [1.82, 2.24) is 20.4 Å². The summed E-state index contributed by atoms with van der Waals surface area (Å²) in [6.45, 7) is 3.85. The first-order chi connectivity index (χ1) is 8.27. The van der Waals surface area contributed by atoms with Crippen molar-refractivity contribution in [3.05, 3.63) is 11.8 Å². The van der Waals surface area contributed by atoms with E-state index in [-0.39, 0.29) is 5.91 Å². The summed E-state index contributed by atoms with van der Waals surface area (Å²) in [6, 6.07) is 0. The van der Waals surface area contributed by atoms with E-state index in [1.165, 1.54) is 25.5 Å². The van der Waals surface area contributed by atoms with Crippen LogP contribution < -0.4 is 11.1 Å². The molecule has 6 heteroatoms. The van der Waals surface area contributed by atoms with E-state index in [0.717, 1.165) is 19.6 Å². The van der Waals surface area contributed by atoms with Crippen molar-refractivity contribution in [3.8, 4) is 0 Å². The molecule has 0 aromatic carbocycles. The Morgan fingerprint density at radius 2 is 2.24 bits per heavy atom. The Morgan fingerprint density at radius 1 is 1.47 bits per heavy atom. The molecule has 1 aliphatic rings. The van der Waals surface area contributed by atoms with Gasteiger partial charge in [0.25, 0.3) is 5.91 Å². The fraction of sp³-hybridized carbons (Fsp3) is 0.636. The minimum atomic E-state index is -0.159. The van der Waals surface area contributed by atoms with E-state index in [9.17, 15) is 4.79 Å². The van der Waals surface area contributed by atoms with Crippen LogP contribution in [-0.4, -0.2) is 47.2 Å². The summed E-state index contributed by atoms with van der Waals surface area (Å²) in [6.07, 6.45) is 5.31. The Labute approximate surface area is 101 Å². The molecular weight excluding hydrogens is 218 g/mol. The molecule has 1 amide bonds. The summed E-state index contributed by atoms with van der Waals surface area (Å²) in [4.78, 5) is 14.1. The van der Waals surface area contributed by atoms with Crippen LogP contribution in [0.25, 0.3) is 0 Å². The van der Waals surface area contributed by atoms with Crippen molar-refractivity contribution >= 4 is 11.7 Å². The van der Waals surface area contributed by atoms with Gasteiger partial charge in [0.05, 0.1) is 6.20 Å². The number of hydrogen-bond donors (Lipinski definition) is 3. The van der Waals surface area contributed by atoms with Crippen LogP contribution in [0.5, 0.6) is 0 Å². The van der Waals surface area contributed by atoms with Gasteiger partial charge in [-0.05, 0) is 25.9 Å². The second kappa shape index (κ2) is 5.67. The Balaban J connectivity index is 1.71. The van der Waals surface area contributed by atoms with Crippen LogP contribution in [0, 0.1) is 0 Å². The van der Waals surface area contributed by atoms with Crippen LogP contribution in [0.2, 0.25) is 0 Å². The van der Waals surface area contributed by atoms with Gasteiger partial charge in [-0.3, -0.25) is 9.89 Å². The molecule has 1 aliphatic heterocycles. The molecule has 0 saturated carbocycles. The van der Waals surface area contributed by atoms with Crippen LogP contribution in [-0.2, 0) is 0 Å². The average molecular weight is 237 g/mol. The number of H-pyrrole nitrogens is 1. The number of nitrogens with one attached hydrogen (secondary N) is 2. The first-order valence-electron chi connectivity index (χ1n) is 6.07. The minimum Gasteiger partial charge on any atom is -0.383 e. The molecular formula is C11H19N5O. The number of aromatic amines is 1. The second-order valence-electron chi connectivity index (χ2n) is 4.36. The molecule has 94 valence electrons. The van der Waals surface area contributed by atoms with Crippen molar-refractivity contribution < 1.29 is 4.79 Å². The molecule has 0 radical (unpaired) electrons. The van der Waals surface area contributed by atoms with Crippen LogP contribution in [0.3, 0.4) is 0 Å². The van der Waals surface area contributed by atoms with Gasteiger partial charge in [0.2, 0.25) is 0 Å². The van der Waals surface area contributed by atoms with Crippen molar-refractivity contribution in [2.45, 2.75) is 19.3 Å². The van der Waals surface area contributed by atoms with E-state index in [1.807, 2.05) is 0 Å². The van der Waals surface area contributed by atoms with E-state index in [4.69, 9.17) is 5.73 Å². The Morgan fingerprint density at radius 3 is 2.88 bits per heavy atom. The van der Waals surface area contributed by atoms with Crippen LogP contribution in [0.4, 0.5) is 5.82 Å². The summed E-state index contributed by atoms with van der Waals surface area (Å²) in [5, 5.41) is 9.12. The zero-order chi connectivity index (χ0) is 12.1. The van der Waals surface area contributed by atoms with Gasteiger partial charge in [0, 0.05) is 13.1 Å². The second-order valence-corrected chi connectivity index (χ2v) is 4.36. The lowest BCUT2D eigenvalue weighted by atomic mass is 10.1. The number of anilines is 1. The van der Waals surface area contributed by atoms with Crippen LogP contribution in [0.1, 0.15) is 29.6 Å². The molecule has 0 atom stereocenters. The average Bonchev–Trinajstić information content (AvgIpc) is 2.77. The quantitative estimate of drug-likeness (QED) is 0.698. The lowest BCUT2D eigenvalue weighted by Crippen LogP contribution is -2.37. The van der Waals surface area contributed by atoms with Gasteiger partial charge >= 0.3 is 0 Å². The summed E-state index contributed by atoms with van der Waals surface area (Å²) in [5.41, 5.74) is 5.99. The van der Waals surface area contributed by atoms with Crippen molar-refractivity contribution in [2.75, 3.05) is 31.9 Å². The number of carbonyl (C=O) groups is 1. The summed E-state index contributed by atoms with van der Waals surface area (Å²) >= 11 is 0. The van der Waals surface area contributed by atoms with Crippen LogP contribution >= 0.6 is 0 Å². The Kier molecular flexibility index (Phi) is 3.98. The third kappa shape index (κ3) is 3.20. The summed E-state index contributed by atoms with van der Waals surface area (Å²) in [5.74, 6) is 0.161. The molecule has 2 rings (SSSR count). The standard InChI is InChI=1S/C11H19N5O/c12-10-9(8-14-15-10)11(17)13-4-7-16-5-2-1-3-6-16/h8H,1-7H2,(H,13,17)(H3,12,14,15). The molecule has 0 aliphatic carbocycles. The van der Waals surface area contributed by atoms with Crippen molar-refractivity contribution in [1.29, 1.82) is 0 Å². The van der Waals surface area contributed by atoms with E-state index < -0.39 is 0 Å². The normalized spacial score (nSPS) is 16.9. The Bertz CT molecular complexity index is 370. The number of carbonyl (C=O) groups excluding carboxylic acids is 1. The van der Waals surface area contributed by atoms with Gasteiger partial charge in [-0.15, -0.1) is 0 Å². The van der Waals surface area contributed by atoms with E-state index in [0.29, 0.717) is 17.9 Å². The number of rotatable bonds is 4. The number of nitrogens with two attached hydrogens (primary N) is 1. The smallest absolute Gasteiger partial charge is 0.256 e. The maximum Gasteiger partial charge on any atom is 0.256 e. The number of aromatic nitrogens is 2. The lowest BCUT2D eigenvalue weighted by molar-refractivity contribution is 0.0947. The fourth-order valence-corrected chi connectivity index (χ4v) is 2.08. The largest absolute Gasteiger partial charge is 0.383 e. The highest BCUT2D eigenvalue weighted by atomic mass is 16.1. The maximum atomic E-state index is 11.7. The molecule has 0 spiro atoms. The molecule has 4 N–H and O–H groups in total. The molecule has 0 unspecified atom stereocenters. The van der Waals surface area contributed by atoms with Crippen LogP contribution in [0.15, 0.2) is 6.20 Å². The van der Waals surface area contributed by atoms with Gasteiger partial charge in [-0.1, -0.05) is 6.42 Å². The maximum absolute atomic E-state index is 11.7. The first-order valence-corrected chi connectivity index (χ1v) is 6.07. The zero-order valence-electron chi connectivity index (χ0n) is 9.91. The van der Waals surface area contributed by atoms with Crippen molar-refractivity contribution in [2.24, 2.45) is 0 Å². The van der Waals surface area contributed by atoms with Gasteiger partial charge in [0.15, 0.2) is 0 Å². The molecule has 0 bridgehead atoms. The van der Waals surface area contributed by atoms with E-state index >= 15 is 0 Å². The lowest BCUT2D eigenvalue weighted by Gasteiger charge is -2.26. The highest BCUT2D eigenvalue weighted by molar-refractivity contribution is 5.98. The molecule has 6 nitrogen and oxygen atoms in total. The molecule has 2 heterocycles. The monoisotopic (exact) mass is 237 g/mol. The number of amides is 1. The predicted octanol–water partition coefficient (Wildman–Crippen LogP) is 0.208. The number of nitrogens with zero attached hydrogens (tertiary/aromatic N) is 2. The number of piperidine rings is 1. The topological polar surface area (TPSA) is 87.0 Å². The number of hydrogen-bond acceptors (Lipinski definition) is 4. The molecule has 17 heavy (non-hydrogen) atoms. The molecule has 1 saturated heterocycles. The van der Waals surface area contributed by atoms with Gasteiger partial charge in [-0.2, -0.15) is 5.10 Å². The van der Waals surface area contributed by atoms with E-state index in [1.54, 1.807) is 0 Å². The van der Waals surface area contributed by atoms with Gasteiger partial charge < -0.3 is 16.0 Å². The minimum absolute atomic E-state index is 0.159. The summed E-state index contributed by atoms with van der Waals surface area (Å²) in [7, 11) is 0. The molecule has 1 aromatic heterocycles. The first kappa shape index (κ1) is 11.9. The summed E-state index contributed by atoms with van der Waals surface area (Å²) < 4.78 is 0. The highest BCUT2D eigenvalue weighted by Crippen LogP contribution is 2.08. The number of nitrogen functional groups attached to an aromatic ring is 1. The molecule has 1 aromatic rings. The van der Waals surface area contributed by atoms with E-state index in [2.05, 4.69) is 20.4 Å². The fourth-order valence-electron chi connectivity index (χ4n) is 2.08. The third-order valence-electron chi connectivity index (χ3n) is 3.08. The number of likely N-dealkylation sites (tertiary alicyclic amines) is 1. The zero-order valence-corrected chi connectivity index (χ0v) is 9.91. The van der Waals surface area contributed by atoms with Gasteiger partial charge in [0.1, 0.15) is 11.4 Å². The molecule has 1 fully saturated rings. The SMILES string of the molecule is Nc1[nH]ncc1C(=O)NCCN1CCCCC1. The Hall–Kier alpha value is -1.56.